The van der Waals surface area contributed by atoms with Crippen LogP contribution < -0.4 is 10.1 Å². The molecule has 0 spiro atoms. The van der Waals surface area contributed by atoms with Gasteiger partial charge in [-0.15, -0.1) is 0 Å². The van der Waals surface area contributed by atoms with Gasteiger partial charge in [0.1, 0.15) is 5.75 Å². The molecule has 2 aromatic carbocycles. The third kappa shape index (κ3) is 3.69. The summed E-state index contributed by atoms with van der Waals surface area (Å²) in [6, 6.07) is 17.8. The Morgan fingerprint density at radius 2 is 1.82 bits per heavy atom. The Morgan fingerprint density at radius 1 is 1.05 bits per heavy atom. The van der Waals surface area contributed by atoms with Gasteiger partial charge in [0.25, 0.3) is 0 Å². The molecule has 0 amide bonds. The zero-order chi connectivity index (χ0) is 15.2. The third-order valence-electron chi connectivity index (χ3n) is 4.60. The molecule has 1 aliphatic carbocycles. The molecule has 2 nitrogen and oxygen atoms in total. The van der Waals surface area contributed by atoms with E-state index in [4.69, 9.17) is 4.74 Å². The van der Waals surface area contributed by atoms with Crippen molar-refractivity contribution in [3.05, 3.63) is 65.2 Å². The lowest BCUT2D eigenvalue weighted by Gasteiger charge is -2.25. The van der Waals surface area contributed by atoms with Crippen LogP contribution in [0.15, 0.2) is 48.5 Å². The first kappa shape index (κ1) is 15.1. The van der Waals surface area contributed by atoms with Gasteiger partial charge < -0.3 is 10.1 Å². The topological polar surface area (TPSA) is 21.3 Å². The highest BCUT2D eigenvalue weighted by molar-refractivity contribution is 5.33. The van der Waals surface area contributed by atoms with E-state index in [9.17, 15) is 0 Å². The molecule has 2 heteroatoms. The Hall–Kier alpha value is -1.80. The van der Waals surface area contributed by atoms with Gasteiger partial charge in [0, 0.05) is 6.04 Å². The van der Waals surface area contributed by atoms with Crippen LogP contribution >= 0.6 is 0 Å². The lowest BCUT2D eigenvalue weighted by Crippen LogP contribution is -2.35. The van der Waals surface area contributed by atoms with Gasteiger partial charge >= 0.3 is 0 Å². The van der Waals surface area contributed by atoms with Crippen molar-refractivity contribution in [3.8, 4) is 5.75 Å². The highest BCUT2D eigenvalue weighted by atomic mass is 16.5. The molecule has 2 aromatic rings. The zero-order valence-corrected chi connectivity index (χ0v) is 13.3. The summed E-state index contributed by atoms with van der Waals surface area (Å²) >= 11 is 0. The van der Waals surface area contributed by atoms with E-state index in [1.807, 2.05) is 12.1 Å². The van der Waals surface area contributed by atoms with Crippen molar-refractivity contribution in [1.82, 2.24) is 5.32 Å². The average molecular weight is 295 g/mol. The van der Waals surface area contributed by atoms with Gasteiger partial charge in [-0.25, -0.2) is 0 Å². The summed E-state index contributed by atoms with van der Waals surface area (Å²) in [7, 11) is 1.75. The molecule has 0 saturated carbocycles. The van der Waals surface area contributed by atoms with Crippen molar-refractivity contribution in [2.45, 2.75) is 38.1 Å². The number of nitrogens with one attached hydrogen (secondary N) is 1. The van der Waals surface area contributed by atoms with E-state index in [-0.39, 0.29) is 0 Å². The second-order valence-electron chi connectivity index (χ2n) is 6.08. The number of para-hydroxylation sites is 1. The van der Waals surface area contributed by atoms with Gasteiger partial charge in [0.2, 0.25) is 0 Å². The van der Waals surface area contributed by atoms with E-state index in [0.29, 0.717) is 6.04 Å². The number of hydrogen-bond donors (Lipinski definition) is 1. The van der Waals surface area contributed by atoms with Crippen LogP contribution in [0.3, 0.4) is 0 Å². The normalized spacial score (nSPS) is 17.0. The van der Waals surface area contributed by atoms with Gasteiger partial charge in [0.15, 0.2) is 0 Å². The predicted octanol–water partition coefficient (Wildman–Crippen LogP) is 3.77. The number of ether oxygens (including phenoxy) is 1. The first-order chi connectivity index (χ1) is 10.9. The van der Waals surface area contributed by atoms with Crippen molar-refractivity contribution in [1.29, 1.82) is 0 Å². The molecule has 0 aliphatic heterocycles. The third-order valence-corrected chi connectivity index (χ3v) is 4.60. The Bertz CT molecular complexity index is 608. The number of aryl methyl sites for hydroxylation is 2. The van der Waals surface area contributed by atoms with E-state index in [2.05, 4.69) is 41.7 Å². The minimum Gasteiger partial charge on any atom is -0.496 e. The largest absolute Gasteiger partial charge is 0.496 e. The minimum atomic E-state index is 0.632. The Morgan fingerprint density at radius 3 is 2.68 bits per heavy atom. The molecule has 0 fully saturated rings. The van der Waals surface area contributed by atoms with Gasteiger partial charge in [-0.3, -0.25) is 0 Å². The van der Waals surface area contributed by atoms with Crippen LogP contribution in [0.25, 0.3) is 0 Å². The maximum atomic E-state index is 5.41. The molecule has 1 N–H and O–H groups in total. The first-order valence-electron chi connectivity index (χ1n) is 8.29. The highest BCUT2D eigenvalue weighted by Crippen LogP contribution is 2.21. The molecule has 0 radical (unpaired) electrons. The summed E-state index contributed by atoms with van der Waals surface area (Å²) in [6.07, 6.45) is 5.86. The number of benzene rings is 2. The Balaban J connectivity index is 1.44. The molecular formula is C20H25NO. The molecule has 0 saturated heterocycles. The fourth-order valence-corrected chi connectivity index (χ4v) is 3.37. The molecule has 116 valence electrons. The zero-order valence-electron chi connectivity index (χ0n) is 13.3. The molecule has 0 unspecified atom stereocenters. The molecule has 0 bridgehead atoms. The van der Waals surface area contributed by atoms with Gasteiger partial charge in [-0.05, 0) is 61.4 Å². The smallest absolute Gasteiger partial charge is 0.122 e. The lowest BCUT2D eigenvalue weighted by atomic mass is 9.88. The average Bonchev–Trinajstić information content (AvgIpc) is 2.59. The van der Waals surface area contributed by atoms with Crippen LogP contribution in [0.5, 0.6) is 5.75 Å². The summed E-state index contributed by atoms with van der Waals surface area (Å²) in [5.74, 6) is 1.01. The van der Waals surface area contributed by atoms with Crippen molar-refractivity contribution in [3.63, 3.8) is 0 Å². The first-order valence-corrected chi connectivity index (χ1v) is 8.29. The van der Waals surface area contributed by atoms with E-state index in [1.54, 1.807) is 7.11 Å². The summed E-state index contributed by atoms with van der Waals surface area (Å²) in [5, 5.41) is 3.73. The van der Waals surface area contributed by atoms with E-state index in [0.717, 1.165) is 25.1 Å². The molecule has 1 atom stereocenters. The summed E-state index contributed by atoms with van der Waals surface area (Å²) < 4.78 is 5.41. The SMILES string of the molecule is COc1ccccc1CCCN[C@H]1CCc2ccccc2C1. The summed E-state index contributed by atoms with van der Waals surface area (Å²) in [4.78, 5) is 0. The van der Waals surface area contributed by atoms with Gasteiger partial charge in [0.05, 0.1) is 7.11 Å². The van der Waals surface area contributed by atoms with Crippen LogP contribution in [0, 0.1) is 0 Å². The second kappa shape index (κ2) is 7.46. The van der Waals surface area contributed by atoms with Crippen molar-refractivity contribution >= 4 is 0 Å². The van der Waals surface area contributed by atoms with Gasteiger partial charge in [-0.1, -0.05) is 42.5 Å². The quantitative estimate of drug-likeness (QED) is 0.819. The molecular weight excluding hydrogens is 270 g/mol. The fraction of sp³-hybridized carbons (Fsp3) is 0.400. The maximum absolute atomic E-state index is 5.41. The second-order valence-corrected chi connectivity index (χ2v) is 6.08. The molecule has 0 heterocycles. The molecule has 0 aromatic heterocycles. The molecule has 1 aliphatic rings. The highest BCUT2D eigenvalue weighted by Gasteiger charge is 2.17. The standard InChI is InChI=1S/C20H25NO/c1-22-20-11-5-4-8-17(20)10-6-14-21-19-13-12-16-7-2-3-9-18(16)15-19/h2-5,7-9,11,19,21H,6,10,12-15H2,1H3/t19-/m0/s1. The Kier molecular flexibility index (Phi) is 5.12. The van der Waals surface area contributed by atoms with Crippen LogP contribution in [0.1, 0.15) is 29.5 Å². The van der Waals surface area contributed by atoms with Crippen LogP contribution in [0.2, 0.25) is 0 Å². The maximum Gasteiger partial charge on any atom is 0.122 e. The Labute approximate surface area is 133 Å². The van der Waals surface area contributed by atoms with Crippen molar-refractivity contribution < 1.29 is 4.74 Å². The number of fused-ring (bicyclic) bond motifs is 1. The van der Waals surface area contributed by atoms with Crippen LogP contribution in [-0.4, -0.2) is 19.7 Å². The lowest BCUT2D eigenvalue weighted by molar-refractivity contribution is 0.407. The predicted molar refractivity (Wildman–Crippen MR) is 91.6 cm³/mol. The van der Waals surface area contributed by atoms with Gasteiger partial charge in [-0.2, -0.15) is 0 Å². The number of methoxy groups -OCH3 is 1. The molecule has 3 rings (SSSR count). The summed E-state index contributed by atoms with van der Waals surface area (Å²) in [5.41, 5.74) is 4.37. The molecule has 22 heavy (non-hydrogen) atoms. The minimum absolute atomic E-state index is 0.632. The van der Waals surface area contributed by atoms with Crippen molar-refractivity contribution in [2.75, 3.05) is 13.7 Å². The number of hydrogen-bond acceptors (Lipinski definition) is 2. The summed E-state index contributed by atoms with van der Waals surface area (Å²) in [6.45, 7) is 1.07. The van der Waals surface area contributed by atoms with Crippen LogP contribution in [0.4, 0.5) is 0 Å². The van der Waals surface area contributed by atoms with E-state index >= 15 is 0 Å². The fourth-order valence-electron chi connectivity index (χ4n) is 3.37. The monoisotopic (exact) mass is 295 g/mol. The van der Waals surface area contributed by atoms with Crippen molar-refractivity contribution in [2.24, 2.45) is 0 Å². The van der Waals surface area contributed by atoms with E-state index < -0.39 is 0 Å². The van der Waals surface area contributed by atoms with E-state index in [1.165, 1.54) is 36.0 Å². The van der Waals surface area contributed by atoms with Crippen LogP contribution in [-0.2, 0) is 19.3 Å². The number of rotatable bonds is 6.